The molecule has 3 rings (SSSR count). The molecule has 1 saturated carbocycles. The van der Waals surface area contributed by atoms with Crippen LogP contribution in [0.25, 0.3) is 0 Å². The Labute approximate surface area is 184 Å². The van der Waals surface area contributed by atoms with E-state index in [-0.39, 0.29) is 29.0 Å². The Bertz CT molecular complexity index is 965. The number of alkyl halides is 3. The van der Waals surface area contributed by atoms with Crippen molar-refractivity contribution < 1.29 is 27.5 Å². The first-order chi connectivity index (χ1) is 15.1. The van der Waals surface area contributed by atoms with E-state index >= 15 is 0 Å². The summed E-state index contributed by atoms with van der Waals surface area (Å²) in [5.41, 5.74) is -0.700. The van der Waals surface area contributed by atoms with Gasteiger partial charge in [-0.2, -0.15) is 13.2 Å². The average molecular weight is 449 g/mol. The highest BCUT2D eigenvalue weighted by molar-refractivity contribution is 5.96. The van der Waals surface area contributed by atoms with Gasteiger partial charge in [-0.25, -0.2) is 9.78 Å². The monoisotopic (exact) mass is 449 g/mol. The predicted molar refractivity (Wildman–Crippen MR) is 113 cm³/mol. The lowest BCUT2D eigenvalue weighted by Crippen LogP contribution is -2.45. The fourth-order valence-electron chi connectivity index (χ4n) is 3.82. The third-order valence-corrected chi connectivity index (χ3v) is 5.87. The lowest BCUT2D eigenvalue weighted by molar-refractivity contribution is -0.137. The summed E-state index contributed by atoms with van der Waals surface area (Å²) in [6.45, 7) is 3.81. The fraction of sp³-hybridized carbons (Fsp3) is 0.435. The number of nitrogens with zero attached hydrogens (tertiary/aromatic N) is 1. The molecule has 3 atom stereocenters. The van der Waals surface area contributed by atoms with Gasteiger partial charge in [-0.05, 0) is 48.6 Å². The van der Waals surface area contributed by atoms with Crippen LogP contribution in [0.5, 0.6) is 0 Å². The van der Waals surface area contributed by atoms with Crippen molar-refractivity contribution in [2.24, 2.45) is 11.8 Å². The van der Waals surface area contributed by atoms with E-state index in [0.29, 0.717) is 11.8 Å². The minimum atomic E-state index is -4.50. The van der Waals surface area contributed by atoms with E-state index < -0.39 is 24.3 Å². The summed E-state index contributed by atoms with van der Waals surface area (Å²) in [6, 6.07) is 7.52. The normalized spacial score (nSPS) is 21.0. The van der Waals surface area contributed by atoms with Crippen LogP contribution in [0.15, 0.2) is 42.6 Å². The van der Waals surface area contributed by atoms with E-state index in [2.05, 4.69) is 29.5 Å². The molecule has 32 heavy (non-hydrogen) atoms. The van der Waals surface area contributed by atoms with Gasteiger partial charge in [0.1, 0.15) is 11.4 Å². The molecule has 172 valence electrons. The third kappa shape index (κ3) is 5.99. The van der Waals surface area contributed by atoms with Crippen LogP contribution < -0.4 is 10.6 Å². The number of carbonyl (C=O) groups is 2. The molecule has 1 fully saturated rings. The quantitative estimate of drug-likeness (QED) is 0.611. The zero-order chi connectivity index (χ0) is 23.3. The van der Waals surface area contributed by atoms with E-state index in [4.69, 9.17) is 4.74 Å². The molecule has 0 saturated heterocycles. The highest BCUT2D eigenvalue weighted by Gasteiger charge is 2.31. The summed E-state index contributed by atoms with van der Waals surface area (Å²) >= 11 is 0. The van der Waals surface area contributed by atoms with Crippen molar-refractivity contribution in [2.45, 2.75) is 45.3 Å². The molecule has 0 unspecified atom stereocenters. The van der Waals surface area contributed by atoms with Crippen molar-refractivity contribution in [3.8, 4) is 0 Å². The molecule has 1 aromatic carbocycles. The van der Waals surface area contributed by atoms with Crippen molar-refractivity contribution in [1.29, 1.82) is 0 Å². The SMILES string of the molecule is C[C@@H]1[C@H](C)CCC[C@@H]1NC(=O)COC(=O)c1cccnc1Nc1cccc(C(F)(F)F)c1. The van der Waals surface area contributed by atoms with E-state index in [1.165, 1.54) is 30.5 Å². The lowest BCUT2D eigenvalue weighted by Gasteiger charge is -2.34. The van der Waals surface area contributed by atoms with Crippen LogP contribution in [0.3, 0.4) is 0 Å². The van der Waals surface area contributed by atoms with Crippen LogP contribution in [0.4, 0.5) is 24.7 Å². The first-order valence-electron chi connectivity index (χ1n) is 10.5. The number of halogens is 3. The van der Waals surface area contributed by atoms with Gasteiger partial charge in [-0.3, -0.25) is 4.79 Å². The second-order valence-electron chi connectivity index (χ2n) is 8.12. The van der Waals surface area contributed by atoms with Gasteiger partial charge in [0.2, 0.25) is 0 Å². The summed E-state index contributed by atoms with van der Waals surface area (Å²) < 4.78 is 44.0. The molecule has 6 nitrogen and oxygen atoms in total. The molecule has 0 bridgehead atoms. The van der Waals surface area contributed by atoms with E-state index in [1.807, 2.05) is 0 Å². The topological polar surface area (TPSA) is 80.3 Å². The van der Waals surface area contributed by atoms with E-state index in [0.717, 1.165) is 31.4 Å². The number of rotatable bonds is 6. The number of hydrogen-bond donors (Lipinski definition) is 2. The number of benzene rings is 1. The lowest BCUT2D eigenvalue weighted by atomic mass is 9.78. The number of esters is 1. The van der Waals surface area contributed by atoms with Crippen molar-refractivity contribution >= 4 is 23.4 Å². The number of ether oxygens (including phenoxy) is 1. The second-order valence-corrected chi connectivity index (χ2v) is 8.12. The fourth-order valence-corrected chi connectivity index (χ4v) is 3.82. The summed E-state index contributed by atoms with van der Waals surface area (Å²) in [6.07, 6.45) is -0.0455. The molecule has 2 aromatic rings. The number of anilines is 2. The number of hydrogen-bond acceptors (Lipinski definition) is 5. The standard InChI is InChI=1S/C23H26F3N3O3/c1-14-6-3-10-19(15(14)2)29-20(30)13-32-22(31)18-9-5-11-27-21(18)28-17-8-4-7-16(12-17)23(24,25)26/h4-5,7-9,11-12,14-15,19H,3,6,10,13H2,1-2H3,(H,27,28)(H,29,30)/t14-,15-,19+/m1/s1. The Morgan fingerprint density at radius 2 is 1.94 bits per heavy atom. The van der Waals surface area contributed by atoms with Crippen LogP contribution in [-0.4, -0.2) is 29.5 Å². The summed E-state index contributed by atoms with van der Waals surface area (Å²) in [4.78, 5) is 28.8. The molecule has 9 heteroatoms. The van der Waals surface area contributed by atoms with Gasteiger partial charge >= 0.3 is 12.1 Å². The number of amides is 1. The highest BCUT2D eigenvalue weighted by atomic mass is 19.4. The molecule has 0 aliphatic heterocycles. The van der Waals surface area contributed by atoms with Gasteiger partial charge in [-0.1, -0.05) is 32.8 Å². The summed E-state index contributed by atoms with van der Waals surface area (Å²) in [5, 5.41) is 5.64. The van der Waals surface area contributed by atoms with Gasteiger partial charge in [0.25, 0.3) is 5.91 Å². The third-order valence-electron chi connectivity index (χ3n) is 5.87. The molecule has 0 radical (unpaired) electrons. The zero-order valence-corrected chi connectivity index (χ0v) is 17.9. The molecule has 0 spiro atoms. The van der Waals surface area contributed by atoms with Gasteiger partial charge in [-0.15, -0.1) is 0 Å². The number of carbonyl (C=O) groups excluding carboxylic acids is 2. The van der Waals surface area contributed by atoms with Crippen LogP contribution >= 0.6 is 0 Å². The molecule has 1 aromatic heterocycles. The van der Waals surface area contributed by atoms with Gasteiger partial charge < -0.3 is 15.4 Å². The average Bonchev–Trinajstić information content (AvgIpc) is 2.75. The Morgan fingerprint density at radius 3 is 2.69 bits per heavy atom. The molecule has 2 N–H and O–H groups in total. The molecule has 1 aliphatic rings. The molecule has 1 aliphatic carbocycles. The molecular weight excluding hydrogens is 423 g/mol. The van der Waals surface area contributed by atoms with Gasteiger partial charge in [0.05, 0.1) is 5.56 Å². The van der Waals surface area contributed by atoms with Gasteiger partial charge in [0.15, 0.2) is 6.61 Å². The molecular formula is C23H26F3N3O3. The summed E-state index contributed by atoms with van der Waals surface area (Å²) in [5.74, 6) is -0.304. The number of aromatic nitrogens is 1. The second kappa shape index (κ2) is 10.0. The van der Waals surface area contributed by atoms with Crippen molar-refractivity contribution in [2.75, 3.05) is 11.9 Å². The molecule has 1 amide bonds. The largest absolute Gasteiger partial charge is 0.452 e. The first kappa shape index (κ1) is 23.6. The Balaban J connectivity index is 1.63. The number of pyridine rings is 1. The summed E-state index contributed by atoms with van der Waals surface area (Å²) in [7, 11) is 0. The van der Waals surface area contributed by atoms with Crippen LogP contribution in [0.2, 0.25) is 0 Å². The van der Waals surface area contributed by atoms with Crippen molar-refractivity contribution in [3.63, 3.8) is 0 Å². The van der Waals surface area contributed by atoms with Gasteiger partial charge in [0, 0.05) is 17.9 Å². The maximum absolute atomic E-state index is 12.9. The Morgan fingerprint density at radius 1 is 1.16 bits per heavy atom. The van der Waals surface area contributed by atoms with Crippen LogP contribution in [0.1, 0.15) is 49.0 Å². The Kier molecular flexibility index (Phi) is 7.37. The minimum absolute atomic E-state index is 0.0115. The minimum Gasteiger partial charge on any atom is -0.452 e. The maximum Gasteiger partial charge on any atom is 0.416 e. The molecule has 1 heterocycles. The smallest absolute Gasteiger partial charge is 0.416 e. The zero-order valence-electron chi connectivity index (χ0n) is 17.9. The predicted octanol–water partition coefficient (Wildman–Crippen LogP) is 4.94. The first-order valence-corrected chi connectivity index (χ1v) is 10.5. The van der Waals surface area contributed by atoms with Crippen molar-refractivity contribution in [3.05, 3.63) is 53.7 Å². The number of nitrogens with one attached hydrogen (secondary N) is 2. The van der Waals surface area contributed by atoms with Crippen LogP contribution in [0, 0.1) is 11.8 Å². The van der Waals surface area contributed by atoms with E-state index in [1.54, 1.807) is 0 Å². The Hall–Kier alpha value is -3.10. The highest BCUT2D eigenvalue weighted by Crippen LogP contribution is 2.32. The van der Waals surface area contributed by atoms with Crippen LogP contribution in [-0.2, 0) is 15.7 Å². The van der Waals surface area contributed by atoms with Crippen molar-refractivity contribution in [1.82, 2.24) is 10.3 Å². The van der Waals surface area contributed by atoms with E-state index in [9.17, 15) is 22.8 Å². The maximum atomic E-state index is 12.9.